The van der Waals surface area contributed by atoms with Crippen molar-refractivity contribution in [3.05, 3.63) is 0 Å². The smallest absolute Gasteiger partial charge is 0.312 e. The number of hydrogen-bond donors (Lipinski definition) is 2. The van der Waals surface area contributed by atoms with E-state index in [0.717, 1.165) is 25.7 Å². The van der Waals surface area contributed by atoms with Gasteiger partial charge in [-0.3, -0.25) is 0 Å². The van der Waals surface area contributed by atoms with Crippen LogP contribution in [0, 0.1) is 0 Å². The van der Waals surface area contributed by atoms with Gasteiger partial charge < -0.3 is 11.1 Å². The van der Waals surface area contributed by atoms with Crippen LogP contribution in [-0.2, 0) is 4.79 Å². The Balaban J connectivity index is 2.30. The van der Waals surface area contributed by atoms with Crippen LogP contribution in [0.2, 0.25) is 0 Å². The van der Waals surface area contributed by atoms with Gasteiger partial charge in [-0.1, -0.05) is 0 Å². The van der Waals surface area contributed by atoms with Gasteiger partial charge in [0.2, 0.25) is 6.08 Å². The van der Waals surface area contributed by atoms with E-state index in [1.165, 1.54) is 0 Å². The summed E-state index contributed by atoms with van der Waals surface area (Å²) in [7, 11) is 0. The summed E-state index contributed by atoms with van der Waals surface area (Å²) < 4.78 is 0. The fraction of sp³-hybridized carbons (Fsp3) is 0.750. The van der Waals surface area contributed by atoms with E-state index in [0.29, 0.717) is 0 Å². The van der Waals surface area contributed by atoms with Crippen LogP contribution < -0.4 is 11.1 Å². The summed E-state index contributed by atoms with van der Waals surface area (Å²) in [6, 6.07) is -0.249. The summed E-state index contributed by atoms with van der Waals surface area (Å²) >= 11 is 0. The molecule has 5 nitrogen and oxygen atoms in total. The number of primary amides is 1. The molecular formula is C8H13N3O2. The number of nitrogens with zero attached hydrogens (tertiary/aromatic N) is 1. The molecule has 0 unspecified atom stereocenters. The molecule has 0 aromatic rings. The van der Waals surface area contributed by atoms with Crippen molar-refractivity contribution in [3.63, 3.8) is 0 Å². The molecule has 0 atom stereocenters. The van der Waals surface area contributed by atoms with E-state index in [9.17, 15) is 9.59 Å². The van der Waals surface area contributed by atoms with Gasteiger partial charge in [-0.2, -0.15) is 0 Å². The van der Waals surface area contributed by atoms with Crippen molar-refractivity contribution >= 4 is 12.1 Å². The van der Waals surface area contributed by atoms with Crippen molar-refractivity contribution in [2.24, 2.45) is 10.7 Å². The van der Waals surface area contributed by atoms with Crippen LogP contribution >= 0.6 is 0 Å². The second kappa shape index (κ2) is 4.62. The first kappa shape index (κ1) is 9.74. The zero-order valence-corrected chi connectivity index (χ0v) is 7.32. The maximum absolute atomic E-state index is 10.5. The quantitative estimate of drug-likeness (QED) is 0.476. The van der Waals surface area contributed by atoms with Gasteiger partial charge in [0.1, 0.15) is 0 Å². The number of hydrogen-bond acceptors (Lipinski definition) is 3. The average Bonchev–Trinajstić information content (AvgIpc) is 2.08. The first-order valence-corrected chi connectivity index (χ1v) is 4.35. The van der Waals surface area contributed by atoms with Gasteiger partial charge in [0.05, 0.1) is 6.04 Å². The monoisotopic (exact) mass is 183 g/mol. The Morgan fingerprint density at radius 3 is 2.46 bits per heavy atom. The molecule has 1 rings (SSSR count). The maximum Gasteiger partial charge on any atom is 0.312 e. The lowest BCUT2D eigenvalue weighted by molar-refractivity contribution is 0.239. The Morgan fingerprint density at radius 1 is 1.38 bits per heavy atom. The van der Waals surface area contributed by atoms with Gasteiger partial charge in [0, 0.05) is 6.04 Å². The van der Waals surface area contributed by atoms with E-state index in [1.54, 1.807) is 6.08 Å². The van der Waals surface area contributed by atoms with E-state index in [1.807, 2.05) is 0 Å². The normalized spacial score (nSPS) is 27.4. The van der Waals surface area contributed by atoms with Crippen LogP contribution in [-0.4, -0.2) is 24.2 Å². The molecule has 0 aromatic carbocycles. The number of nitrogens with one attached hydrogen (secondary N) is 1. The summed E-state index contributed by atoms with van der Waals surface area (Å²) in [5, 5.41) is 2.64. The van der Waals surface area contributed by atoms with Gasteiger partial charge in [0.25, 0.3) is 0 Å². The lowest BCUT2D eigenvalue weighted by Gasteiger charge is -2.25. The Hall–Kier alpha value is -1.35. The van der Waals surface area contributed by atoms with E-state index < -0.39 is 6.03 Å². The molecule has 2 amide bonds. The number of carbonyl (C=O) groups excluding carboxylic acids is 2. The van der Waals surface area contributed by atoms with E-state index >= 15 is 0 Å². The third-order valence-corrected chi connectivity index (χ3v) is 2.28. The standard InChI is InChI=1S/C8H13N3O2/c9-8(13)11-7-3-1-6(2-4-7)10-5-12/h6-7H,1-4H2,(H3,9,11,13). The Labute approximate surface area is 76.4 Å². The number of nitrogens with two attached hydrogens (primary N) is 1. The zero-order valence-electron chi connectivity index (χ0n) is 7.32. The molecule has 0 bridgehead atoms. The Bertz CT molecular complexity index is 228. The minimum Gasteiger partial charge on any atom is -0.352 e. The number of urea groups is 1. The molecule has 72 valence electrons. The lowest BCUT2D eigenvalue weighted by Crippen LogP contribution is -2.41. The lowest BCUT2D eigenvalue weighted by atomic mass is 9.92. The second-order valence-electron chi connectivity index (χ2n) is 3.23. The molecule has 13 heavy (non-hydrogen) atoms. The van der Waals surface area contributed by atoms with Crippen molar-refractivity contribution in [2.75, 3.05) is 0 Å². The molecular weight excluding hydrogens is 170 g/mol. The third-order valence-electron chi connectivity index (χ3n) is 2.28. The zero-order chi connectivity index (χ0) is 9.68. The first-order chi connectivity index (χ1) is 6.22. The Kier molecular flexibility index (Phi) is 3.46. The maximum atomic E-state index is 10.5. The van der Waals surface area contributed by atoms with Gasteiger partial charge in [-0.05, 0) is 25.7 Å². The average molecular weight is 183 g/mol. The van der Waals surface area contributed by atoms with Crippen LogP contribution in [0.1, 0.15) is 25.7 Å². The molecule has 0 aliphatic heterocycles. The summed E-state index contributed by atoms with van der Waals surface area (Å²) in [6.07, 6.45) is 4.86. The van der Waals surface area contributed by atoms with Crippen LogP contribution in [0.5, 0.6) is 0 Å². The first-order valence-electron chi connectivity index (χ1n) is 4.35. The second-order valence-corrected chi connectivity index (χ2v) is 3.23. The topological polar surface area (TPSA) is 84.6 Å². The summed E-state index contributed by atoms with van der Waals surface area (Å²) in [6.45, 7) is 0. The van der Waals surface area contributed by atoms with E-state index in [4.69, 9.17) is 5.73 Å². The van der Waals surface area contributed by atoms with Crippen LogP contribution in [0.25, 0.3) is 0 Å². The van der Waals surface area contributed by atoms with Crippen molar-refractivity contribution in [1.82, 2.24) is 5.32 Å². The SMILES string of the molecule is NC(=O)NC1CCC(N=C=O)CC1. The van der Waals surface area contributed by atoms with Crippen molar-refractivity contribution < 1.29 is 9.59 Å². The number of isocyanates is 1. The molecule has 1 saturated carbocycles. The molecule has 1 aliphatic rings. The highest BCUT2D eigenvalue weighted by molar-refractivity contribution is 5.71. The predicted molar refractivity (Wildman–Crippen MR) is 46.9 cm³/mol. The number of amides is 2. The number of aliphatic imine (C=N–C) groups is 1. The summed E-state index contributed by atoms with van der Waals surface area (Å²) in [5.74, 6) is 0. The van der Waals surface area contributed by atoms with Gasteiger partial charge in [-0.15, -0.1) is 0 Å². The number of rotatable bonds is 2. The number of carbonyl (C=O) groups is 1. The molecule has 0 saturated heterocycles. The molecule has 0 radical (unpaired) electrons. The van der Waals surface area contributed by atoms with Crippen LogP contribution in [0.15, 0.2) is 4.99 Å². The molecule has 0 heterocycles. The minimum atomic E-state index is -0.484. The molecule has 0 aromatic heterocycles. The summed E-state index contributed by atoms with van der Waals surface area (Å²) in [4.78, 5) is 24.1. The fourth-order valence-corrected chi connectivity index (χ4v) is 1.62. The molecule has 1 fully saturated rings. The van der Waals surface area contributed by atoms with E-state index in [-0.39, 0.29) is 12.1 Å². The van der Waals surface area contributed by atoms with Crippen LogP contribution in [0.4, 0.5) is 4.79 Å². The molecule has 3 N–H and O–H groups in total. The van der Waals surface area contributed by atoms with Crippen molar-refractivity contribution in [3.8, 4) is 0 Å². The molecule has 0 spiro atoms. The molecule has 1 aliphatic carbocycles. The van der Waals surface area contributed by atoms with Crippen LogP contribution in [0.3, 0.4) is 0 Å². The van der Waals surface area contributed by atoms with Crippen molar-refractivity contribution in [2.45, 2.75) is 37.8 Å². The third kappa shape index (κ3) is 3.25. The van der Waals surface area contributed by atoms with Gasteiger partial charge in [0.15, 0.2) is 0 Å². The van der Waals surface area contributed by atoms with Crippen molar-refractivity contribution in [1.29, 1.82) is 0 Å². The highest BCUT2D eigenvalue weighted by Crippen LogP contribution is 2.20. The Morgan fingerprint density at radius 2 is 2.00 bits per heavy atom. The minimum absolute atomic E-state index is 0.0865. The largest absolute Gasteiger partial charge is 0.352 e. The van der Waals surface area contributed by atoms with Gasteiger partial charge in [-0.25, -0.2) is 14.6 Å². The highest BCUT2D eigenvalue weighted by Gasteiger charge is 2.20. The molecule has 5 heteroatoms. The summed E-state index contributed by atoms with van der Waals surface area (Å²) in [5.41, 5.74) is 4.98. The van der Waals surface area contributed by atoms with Gasteiger partial charge >= 0.3 is 6.03 Å². The van der Waals surface area contributed by atoms with E-state index in [2.05, 4.69) is 10.3 Å². The predicted octanol–water partition coefficient (Wildman–Crippen LogP) is 0.302. The fourth-order valence-electron chi connectivity index (χ4n) is 1.62. The highest BCUT2D eigenvalue weighted by atomic mass is 16.2.